The van der Waals surface area contributed by atoms with E-state index in [1.54, 1.807) is 0 Å². The third kappa shape index (κ3) is 2.67. The van der Waals surface area contributed by atoms with Crippen LogP contribution in [0.3, 0.4) is 0 Å². The summed E-state index contributed by atoms with van der Waals surface area (Å²) in [5.41, 5.74) is -0.0529. The van der Waals surface area contributed by atoms with Crippen LogP contribution < -0.4 is 0 Å². The number of nitrogens with zero attached hydrogens (tertiary/aromatic N) is 1. The standard InChI is InChI=1S/C13H10F3NO2S/c1-6-3-4-8(5-9(6)13(14,15)16)11-17-7(2)10(20-11)12(18)19/h3-5H,1-2H3,(H,18,19). The smallest absolute Gasteiger partial charge is 0.416 e. The third-order valence-corrected chi connectivity index (χ3v) is 3.98. The second-order valence-electron chi connectivity index (χ2n) is 4.27. The summed E-state index contributed by atoms with van der Waals surface area (Å²) < 4.78 is 38.5. The second kappa shape index (κ2) is 4.90. The first kappa shape index (κ1) is 14.5. The van der Waals surface area contributed by atoms with Gasteiger partial charge in [-0.25, -0.2) is 9.78 Å². The van der Waals surface area contributed by atoms with E-state index in [-0.39, 0.29) is 21.0 Å². The lowest BCUT2D eigenvalue weighted by atomic mass is 10.0. The quantitative estimate of drug-likeness (QED) is 0.906. The molecule has 0 saturated carbocycles. The Kier molecular flexibility index (Phi) is 3.56. The van der Waals surface area contributed by atoms with Crippen molar-refractivity contribution in [2.45, 2.75) is 20.0 Å². The van der Waals surface area contributed by atoms with Crippen LogP contribution in [0.4, 0.5) is 13.2 Å². The molecular formula is C13H10F3NO2S. The number of thiazole rings is 1. The van der Waals surface area contributed by atoms with Gasteiger partial charge in [0.1, 0.15) is 9.88 Å². The number of aryl methyl sites for hydroxylation is 2. The van der Waals surface area contributed by atoms with Crippen molar-refractivity contribution in [3.63, 3.8) is 0 Å². The van der Waals surface area contributed by atoms with E-state index >= 15 is 0 Å². The summed E-state index contributed by atoms with van der Waals surface area (Å²) in [7, 11) is 0. The monoisotopic (exact) mass is 301 g/mol. The Balaban J connectivity index is 2.54. The van der Waals surface area contributed by atoms with Crippen molar-refractivity contribution in [1.29, 1.82) is 0 Å². The van der Waals surface area contributed by atoms with Crippen LogP contribution in [0.15, 0.2) is 18.2 Å². The summed E-state index contributed by atoms with van der Waals surface area (Å²) >= 11 is 0.868. The van der Waals surface area contributed by atoms with Crippen LogP contribution in [-0.4, -0.2) is 16.1 Å². The van der Waals surface area contributed by atoms with Gasteiger partial charge in [0.2, 0.25) is 0 Å². The minimum atomic E-state index is -4.44. The molecule has 0 atom stereocenters. The molecule has 0 fully saturated rings. The molecule has 1 N–H and O–H groups in total. The Morgan fingerprint density at radius 3 is 2.45 bits per heavy atom. The van der Waals surface area contributed by atoms with E-state index in [9.17, 15) is 18.0 Å². The highest BCUT2D eigenvalue weighted by Gasteiger charge is 2.32. The van der Waals surface area contributed by atoms with E-state index in [4.69, 9.17) is 5.11 Å². The van der Waals surface area contributed by atoms with Gasteiger partial charge in [-0.1, -0.05) is 12.1 Å². The van der Waals surface area contributed by atoms with Crippen LogP contribution in [0.1, 0.15) is 26.5 Å². The highest BCUT2D eigenvalue weighted by atomic mass is 32.1. The molecule has 0 aliphatic carbocycles. The van der Waals surface area contributed by atoms with Crippen LogP contribution in [0.2, 0.25) is 0 Å². The molecule has 20 heavy (non-hydrogen) atoms. The van der Waals surface area contributed by atoms with Gasteiger partial charge in [-0.15, -0.1) is 11.3 Å². The Hall–Kier alpha value is -1.89. The van der Waals surface area contributed by atoms with Crippen molar-refractivity contribution >= 4 is 17.3 Å². The normalized spacial score (nSPS) is 11.7. The van der Waals surface area contributed by atoms with Gasteiger partial charge in [0.15, 0.2) is 0 Å². The number of carbonyl (C=O) groups is 1. The molecule has 0 unspecified atom stereocenters. The van der Waals surface area contributed by atoms with Gasteiger partial charge < -0.3 is 5.11 Å². The molecule has 1 aromatic heterocycles. The number of carboxylic acid groups (broad SMARTS) is 1. The average Bonchev–Trinajstić information content (AvgIpc) is 2.70. The fourth-order valence-electron chi connectivity index (χ4n) is 1.78. The van der Waals surface area contributed by atoms with Gasteiger partial charge in [0.25, 0.3) is 0 Å². The Morgan fingerprint density at radius 2 is 1.95 bits per heavy atom. The number of hydrogen-bond acceptors (Lipinski definition) is 3. The van der Waals surface area contributed by atoms with Crippen LogP contribution in [-0.2, 0) is 6.18 Å². The zero-order valence-corrected chi connectivity index (χ0v) is 11.4. The summed E-state index contributed by atoms with van der Waals surface area (Å²) in [4.78, 5) is 15.0. The molecule has 2 aromatic rings. The Labute approximate surface area is 116 Å². The molecule has 7 heteroatoms. The van der Waals surface area contributed by atoms with E-state index in [1.165, 1.54) is 26.0 Å². The molecule has 2 rings (SSSR count). The van der Waals surface area contributed by atoms with Gasteiger partial charge in [0.05, 0.1) is 11.3 Å². The van der Waals surface area contributed by atoms with Gasteiger partial charge in [0, 0.05) is 5.56 Å². The number of rotatable bonds is 2. The lowest BCUT2D eigenvalue weighted by Gasteiger charge is -2.11. The summed E-state index contributed by atoms with van der Waals surface area (Å²) in [6.45, 7) is 2.89. The van der Waals surface area contributed by atoms with E-state index in [2.05, 4.69) is 4.98 Å². The summed E-state index contributed by atoms with van der Waals surface area (Å²) in [5.74, 6) is -1.13. The molecule has 0 amide bonds. The van der Waals surface area contributed by atoms with Crippen molar-refractivity contribution < 1.29 is 23.1 Å². The predicted molar refractivity (Wildman–Crippen MR) is 69.0 cm³/mol. The van der Waals surface area contributed by atoms with Gasteiger partial charge in [-0.2, -0.15) is 13.2 Å². The predicted octanol–water partition coefficient (Wildman–Crippen LogP) is 4.14. The third-order valence-electron chi connectivity index (χ3n) is 2.78. The molecule has 0 aliphatic rings. The molecule has 106 valence electrons. The molecule has 0 bridgehead atoms. The maximum absolute atomic E-state index is 12.8. The SMILES string of the molecule is Cc1ccc(-c2nc(C)c(C(=O)O)s2)cc1C(F)(F)F. The van der Waals surface area contributed by atoms with Crippen molar-refractivity contribution in [3.05, 3.63) is 39.9 Å². The maximum Gasteiger partial charge on any atom is 0.416 e. The van der Waals surface area contributed by atoms with Crippen molar-refractivity contribution in [2.24, 2.45) is 0 Å². The summed E-state index contributed by atoms with van der Waals surface area (Å²) in [5, 5.41) is 9.21. The molecule has 0 radical (unpaired) electrons. The first-order valence-electron chi connectivity index (χ1n) is 5.59. The number of carboxylic acids is 1. The number of halogens is 3. The van der Waals surface area contributed by atoms with E-state index in [0.29, 0.717) is 5.69 Å². The molecule has 1 heterocycles. The van der Waals surface area contributed by atoms with E-state index in [0.717, 1.165) is 17.4 Å². The minimum Gasteiger partial charge on any atom is -0.477 e. The summed E-state index contributed by atoms with van der Waals surface area (Å²) in [6, 6.07) is 3.86. The molecule has 0 aliphatic heterocycles. The van der Waals surface area contributed by atoms with Crippen molar-refractivity contribution in [1.82, 2.24) is 4.98 Å². The van der Waals surface area contributed by atoms with Crippen molar-refractivity contribution in [3.8, 4) is 10.6 Å². The number of benzene rings is 1. The fourth-order valence-corrected chi connectivity index (χ4v) is 2.68. The van der Waals surface area contributed by atoms with Crippen LogP contribution in [0.25, 0.3) is 10.6 Å². The zero-order valence-electron chi connectivity index (χ0n) is 10.6. The van der Waals surface area contributed by atoms with E-state index < -0.39 is 17.7 Å². The molecule has 3 nitrogen and oxygen atoms in total. The Bertz CT molecular complexity index is 677. The van der Waals surface area contributed by atoms with Gasteiger partial charge >= 0.3 is 12.1 Å². The van der Waals surface area contributed by atoms with Crippen LogP contribution >= 0.6 is 11.3 Å². The molecule has 0 saturated heterocycles. The average molecular weight is 301 g/mol. The van der Waals surface area contributed by atoms with Crippen LogP contribution in [0.5, 0.6) is 0 Å². The summed E-state index contributed by atoms with van der Waals surface area (Å²) in [6.07, 6.45) is -4.44. The zero-order chi connectivity index (χ0) is 15.1. The molecule has 1 aromatic carbocycles. The van der Waals surface area contributed by atoms with E-state index in [1.807, 2.05) is 0 Å². The number of alkyl halides is 3. The highest BCUT2D eigenvalue weighted by molar-refractivity contribution is 7.17. The molecular weight excluding hydrogens is 291 g/mol. The lowest BCUT2D eigenvalue weighted by molar-refractivity contribution is -0.138. The second-order valence-corrected chi connectivity index (χ2v) is 5.27. The lowest BCUT2D eigenvalue weighted by Crippen LogP contribution is -2.07. The maximum atomic E-state index is 12.8. The number of aromatic nitrogens is 1. The first-order chi connectivity index (χ1) is 9.20. The Morgan fingerprint density at radius 1 is 1.30 bits per heavy atom. The molecule has 0 spiro atoms. The first-order valence-corrected chi connectivity index (χ1v) is 6.40. The van der Waals surface area contributed by atoms with Crippen molar-refractivity contribution in [2.75, 3.05) is 0 Å². The number of aromatic carboxylic acids is 1. The van der Waals surface area contributed by atoms with Gasteiger partial charge in [-0.3, -0.25) is 0 Å². The largest absolute Gasteiger partial charge is 0.477 e. The highest BCUT2D eigenvalue weighted by Crippen LogP contribution is 2.36. The number of hydrogen-bond donors (Lipinski definition) is 1. The van der Waals surface area contributed by atoms with Gasteiger partial charge in [-0.05, 0) is 25.5 Å². The minimum absolute atomic E-state index is 0.0362. The topological polar surface area (TPSA) is 50.2 Å². The van der Waals surface area contributed by atoms with Crippen LogP contribution in [0, 0.1) is 13.8 Å². The fraction of sp³-hybridized carbons (Fsp3) is 0.231.